The van der Waals surface area contributed by atoms with Gasteiger partial charge in [-0.05, 0) is 33.8 Å². The molecule has 1 aromatic heterocycles. The number of aryl methyl sites for hydroxylation is 1. The Morgan fingerprint density at radius 3 is 2.38 bits per heavy atom. The average molecular weight is 335 g/mol. The number of fused-ring (bicyclic) bond motifs is 1. The van der Waals surface area contributed by atoms with Crippen LogP contribution < -0.4 is 16.0 Å². The van der Waals surface area contributed by atoms with Crippen LogP contribution in [-0.2, 0) is 21.1 Å². The van der Waals surface area contributed by atoms with Crippen LogP contribution in [0.1, 0.15) is 27.7 Å². The summed E-state index contributed by atoms with van der Waals surface area (Å²) >= 11 is 0. The maximum atomic E-state index is 11.9. The molecule has 130 valence electrons. The van der Waals surface area contributed by atoms with E-state index in [-0.39, 0.29) is 6.79 Å². The van der Waals surface area contributed by atoms with Crippen LogP contribution in [0.3, 0.4) is 0 Å². The Morgan fingerprint density at radius 2 is 1.79 bits per heavy atom. The molecule has 0 N–H and O–H groups in total. The third-order valence-corrected chi connectivity index (χ3v) is 4.77. The zero-order valence-electron chi connectivity index (χ0n) is 14.8. The summed E-state index contributed by atoms with van der Waals surface area (Å²) in [7, 11) is 2.54. The lowest BCUT2D eigenvalue weighted by Gasteiger charge is -2.32. The van der Waals surface area contributed by atoms with Crippen molar-refractivity contribution in [3.05, 3.63) is 22.7 Å². The Hall–Kier alpha value is -1.77. The van der Waals surface area contributed by atoms with Gasteiger partial charge in [0.15, 0.2) is 18.1 Å². The summed E-state index contributed by atoms with van der Waals surface area (Å²) in [5.41, 5.74) is 0.677. The highest BCUT2D eigenvalue weighted by molar-refractivity contribution is 6.63. The van der Waals surface area contributed by atoms with Crippen LogP contribution in [-0.4, -0.2) is 36.8 Å². The van der Waals surface area contributed by atoms with E-state index in [1.807, 2.05) is 33.8 Å². The topological polar surface area (TPSA) is 72.1 Å². The van der Waals surface area contributed by atoms with Gasteiger partial charge < -0.3 is 23.2 Å². The molecule has 1 aromatic carbocycles. The highest BCUT2D eigenvalue weighted by atomic mass is 16.7. The fourth-order valence-corrected chi connectivity index (χ4v) is 2.61. The average Bonchev–Trinajstić information content (AvgIpc) is 2.90. The normalized spacial score (nSPS) is 19.2. The third-order valence-electron chi connectivity index (χ3n) is 4.77. The van der Waals surface area contributed by atoms with E-state index in [2.05, 4.69) is 0 Å². The van der Waals surface area contributed by atoms with E-state index in [9.17, 15) is 4.79 Å². The predicted molar refractivity (Wildman–Crippen MR) is 89.7 cm³/mol. The van der Waals surface area contributed by atoms with Crippen molar-refractivity contribution in [2.24, 2.45) is 7.05 Å². The molecule has 1 aliphatic rings. The smallest absolute Gasteiger partial charge is 0.464 e. The lowest BCUT2D eigenvalue weighted by atomic mass is 9.78. The fraction of sp³-hybridized carbons (Fsp3) is 0.562. The molecule has 0 aliphatic carbocycles. The molecule has 0 unspecified atom stereocenters. The van der Waals surface area contributed by atoms with E-state index in [1.165, 1.54) is 11.7 Å². The number of benzene rings is 1. The molecule has 2 heterocycles. The summed E-state index contributed by atoms with van der Waals surface area (Å²) in [6, 6.07) is 3.62. The van der Waals surface area contributed by atoms with Crippen molar-refractivity contribution in [3.63, 3.8) is 0 Å². The van der Waals surface area contributed by atoms with Crippen molar-refractivity contribution in [2.45, 2.75) is 38.9 Å². The van der Waals surface area contributed by atoms with Gasteiger partial charge in [0.1, 0.15) is 0 Å². The fourth-order valence-electron chi connectivity index (χ4n) is 2.61. The van der Waals surface area contributed by atoms with Crippen LogP contribution in [0.5, 0.6) is 5.75 Å². The molecule has 24 heavy (non-hydrogen) atoms. The zero-order chi connectivity index (χ0) is 17.7. The first-order chi connectivity index (χ1) is 11.2. The molecule has 0 spiro atoms. The SMILES string of the molecule is COCOc1c(B2OC(C)(C)C(C)(C)O2)ccc2c1oc(=O)n2C. The number of hydrogen-bond donors (Lipinski definition) is 0. The molecule has 3 rings (SSSR count). The molecule has 1 aliphatic heterocycles. The second-order valence-electron chi connectivity index (χ2n) is 6.90. The van der Waals surface area contributed by atoms with E-state index in [0.29, 0.717) is 22.3 Å². The minimum atomic E-state index is -0.628. The molecule has 2 aromatic rings. The summed E-state index contributed by atoms with van der Waals surface area (Å²) in [5.74, 6) is -0.0658. The first-order valence-electron chi connectivity index (χ1n) is 7.78. The van der Waals surface area contributed by atoms with Gasteiger partial charge in [-0.3, -0.25) is 4.57 Å². The molecular weight excluding hydrogens is 313 g/mol. The van der Waals surface area contributed by atoms with Crippen LogP contribution in [0.15, 0.2) is 21.3 Å². The molecule has 8 heteroatoms. The summed E-state index contributed by atoms with van der Waals surface area (Å²) in [5, 5.41) is 0. The molecule has 7 nitrogen and oxygen atoms in total. The van der Waals surface area contributed by atoms with Crippen molar-refractivity contribution in [2.75, 3.05) is 13.9 Å². The van der Waals surface area contributed by atoms with Crippen LogP contribution in [0.25, 0.3) is 11.1 Å². The highest BCUT2D eigenvalue weighted by Crippen LogP contribution is 2.38. The van der Waals surface area contributed by atoms with Gasteiger partial charge in [-0.15, -0.1) is 0 Å². The Morgan fingerprint density at radius 1 is 1.17 bits per heavy atom. The predicted octanol–water partition coefficient (Wildman–Crippen LogP) is 1.41. The summed E-state index contributed by atoms with van der Waals surface area (Å²) in [4.78, 5) is 11.9. The molecule has 1 fully saturated rings. The maximum absolute atomic E-state index is 11.9. The number of aromatic nitrogens is 1. The number of hydrogen-bond acceptors (Lipinski definition) is 6. The van der Waals surface area contributed by atoms with Gasteiger partial charge in [0.2, 0.25) is 0 Å². The Labute approximate surface area is 140 Å². The van der Waals surface area contributed by atoms with Crippen LogP contribution in [0.2, 0.25) is 0 Å². The minimum Gasteiger partial charge on any atom is -0.464 e. The molecule has 0 saturated carbocycles. The number of methoxy groups -OCH3 is 1. The van der Waals surface area contributed by atoms with Crippen molar-refractivity contribution in [1.82, 2.24) is 4.57 Å². The molecule has 0 radical (unpaired) electrons. The minimum absolute atomic E-state index is 0.0181. The van der Waals surface area contributed by atoms with Crippen LogP contribution in [0.4, 0.5) is 0 Å². The summed E-state index contributed by atoms with van der Waals surface area (Å²) in [6.07, 6.45) is 0. The second-order valence-corrected chi connectivity index (χ2v) is 6.90. The number of ether oxygens (including phenoxy) is 2. The van der Waals surface area contributed by atoms with Crippen molar-refractivity contribution >= 4 is 23.7 Å². The van der Waals surface area contributed by atoms with E-state index < -0.39 is 24.1 Å². The monoisotopic (exact) mass is 335 g/mol. The van der Waals surface area contributed by atoms with Crippen LogP contribution in [0, 0.1) is 0 Å². The number of rotatable bonds is 4. The van der Waals surface area contributed by atoms with Crippen molar-refractivity contribution in [3.8, 4) is 5.75 Å². The van der Waals surface area contributed by atoms with Gasteiger partial charge in [0.05, 0.1) is 16.7 Å². The Balaban J connectivity index is 2.13. The molecule has 0 atom stereocenters. The summed E-state index contributed by atoms with van der Waals surface area (Å²) in [6.45, 7) is 7.92. The van der Waals surface area contributed by atoms with E-state index in [4.69, 9.17) is 23.2 Å². The van der Waals surface area contributed by atoms with Crippen molar-refractivity contribution in [1.29, 1.82) is 0 Å². The largest absolute Gasteiger partial charge is 0.498 e. The number of nitrogens with zero attached hydrogens (tertiary/aromatic N) is 1. The molecule has 0 amide bonds. The van der Waals surface area contributed by atoms with E-state index in [0.717, 1.165) is 0 Å². The molecule has 1 saturated heterocycles. The highest BCUT2D eigenvalue weighted by Gasteiger charge is 2.52. The standard InChI is InChI=1S/C16H22BNO6/c1-15(2)16(3,4)24-17(23-15)10-7-8-11-13(12(10)21-9-20-6)22-14(19)18(11)5/h7-8H,9H2,1-6H3. The van der Waals surface area contributed by atoms with Crippen LogP contribution >= 0.6 is 0 Å². The van der Waals surface area contributed by atoms with Gasteiger partial charge >= 0.3 is 12.9 Å². The number of oxazole rings is 1. The van der Waals surface area contributed by atoms with Gasteiger partial charge in [0.25, 0.3) is 0 Å². The van der Waals surface area contributed by atoms with Gasteiger partial charge in [0, 0.05) is 19.6 Å². The third kappa shape index (κ3) is 2.55. The summed E-state index contributed by atoms with van der Waals surface area (Å²) < 4.78 is 29.6. The molecule has 0 bridgehead atoms. The van der Waals surface area contributed by atoms with Gasteiger partial charge in [-0.1, -0.05) is 6.07 Å². The first-order valence-corrected chi connectivity index (χ1v) is 7.78. The Kier molecular flexibility index (Phi) is 4.02. The quantitative estimate of drug-likeness (QED) is 0.621. The van der Waals surface area contributed by atoms with Gasteiger partial charge in [-0.25, -0.2) is 4.79 Å². The van der Waals surface area contributed by atoms with Crippen molar-refractivity contribution < 1.29 is 23.2 Å². The van der Waals surface area contributed by atoms with Gasteiger partial charge in [-0.2, -0.15) is 0 Å². The first kappa shape index (κ1) is 17.1. The molecular formula is C16H22BNO6. The lowest BCUT2D eigenvalue weighted by molar-refractivity contribution is 0.00578. The second kappa shape index (κ2) is 5.65. The maximum Gasteiger partial charge on any atom is 0.498 e. The van der Waals surface area contributed by atoms with E-state index >= 15 is 0 Å². The Bertz CT molecular complexity index is 806. The lowest BCUT2D eigenvalue weighted by Crippen LogP contribution is -2.41. The van der Waals surface area contributed by atoms with E-state index in [1.54, 1.807) is 13.1 Å². The zero-order valence-corrected chi connectivity index (χ0v) is 14.8.